The molecule has 0 aromatic heterocycles. The lowest BCUT2D eigenvalue weighted by molar-refractivity contribution is 0.207. The molecule has 4 aromatic carbocycles. The number of anilines is 2. The van der Waals surface area contributed by atoms with Crippen LogP contribution in [0.5, 0.6) is 0 Å². The topological polar surface area (TPSA) is 3.24 Å². The summed E-state index contributed by atoms with van der Waals surface area (Å²) in [6, 6.07) is 33.9. The van der Waals surface area contributed by atoms with E-state index in [1.807, 2.05) is 0 Å². The van der Waals surface area contributed by atoms with E-state index in [-0.39, 0.29) is 22.3 Å². The van der Waals surface area contributed by atoms with Crippen LogP contribution in [-0.4, -0.2) is 5.54 Å². The first-order chi connectivity index (χ1) is 26.6. The van der Waals surface area contributed by atoms with Crippen LogP contribution in [0.2, 0.25) is 0 Å². The number of nitrogens with zero attached hydrogens (tertiary/aromatic N) is 1. The third-order valence-electron chi connectivity index (χ3n) is 16.6. The van der Waals surface area contributed by atoms with Crippen LogP contribution in [0.1, 0.15) is 128 Å². The van der Waals surface area contributed by atoms with Crippen LogP contribution < -0.4 is 4.90 Å². The third kappa shape index (κ3) is 4.71. The van der Waals surface area contributed by atoms with Gasteiger partial charge < -0.3 is 4.90 Å². The Morgan fingerprint density at radius 1 is 0.618 bits per heavy atom. The fourth-order valence-electron chi connectivity index (χ4n) is 14.0. The Hall–Kier alpha value is -4.10. The summed E-state index contributed by atoms with van der Waals surface area (Å²) in [5.41, 5.74) is 18.5. The third-order valence-corrected chi connectivity index (χ3v) is 16.6. The Labute approximate surface area is 330 Å². The second kappa shape index (κ2) is 12.0. The molecule has 55 heavy (non-hydrogen) atoms. The van der Waals surface area contributed by atoms with Gasteiger partial charge in [0.05, 0.1) is 5.54 Å². The lowest BCUT2D eigenvalue weighted by Crippen LogP contribution is -2.52. The van der Waals surface area contributed by atoms with Crippen molar-refractivity contribution < 1.29 is 0 Å². The highest BCUT2D eigenvalue weighted by Crippen LogP contribution is 2.62. The van der Waals surface area contributed by atoms with Crippen LogP contribution in [0.25, 0.3) is 27.8 Å². The SMILES string of the molecule is CC1C=C2c3ccccc3-c3cc(cc4c3-c3ccccc3C4(C)C)N(c3ccc(C4CC5CCC4C5)cc3)C3(C)C=CC(C)(C4CCCCC4)C1=C3C2C. The van der Waals surface area contributed by atoms with Gasteiger partial charge in [0.25, 0.3) is 0 Å². The van der Waals surface area contributed by atoms with Gasteiger partial charge in [-0.15, -0.1) is 0 Å². The van der Waals surface area contributed by atoms with Crippen molar-refractivity contribution in [1.82, 2.24) is 0 Å². The van der Waals surface area contributed by atoms with Crippen molar-refractivity contribution in [2.75, 3.05) is 4.90 Å². The van der Waals surface area contributed by atoms with Gasteiger partial charge >= 0.3 is 0 Å². The molecule has 1 nitrogen and oxygen atoms in total. The van der Waals surface area contributed by atoms with Gasteiger partial charge in [-0.25, -0.2) is 0 Å². The highest BCUT2D eigenvalue weighted by molar-refractivity contribution is 5.99. The molecule has 0 spiro atoms. The van der Waals surface area contributed by atoms with Gasteiger partial charge in [-0.05, 0) is 149 Å². The Bertz CT molecular complexity index is 2320. The monoisotopic (exact) mass is 721 g/mol. The van der Waals surface area contributed by atoms with Gasteiger partial charge in [0.2, 0.25) is 0 Å². The minimum atomic E-state index is -0.349. The molecule has 4 aromatic rings. The van der Waals surface area contributed by atoms with Gasteiger partial charge in [-0.3, -0.25) is 0 Å². The van der Waals surface area contributed by atoms with Gasteiger partial charge in [0.1, 0.15) is 0 Å². The zero-order valence-corrected chi connectivity index (χ0v) is 34.1. The molecule has 1 aliphatic heterocycles. The van der Waals surface area contributed by atoms with Crippen LogP contribution in [0, 0.1) is 35.0 Å². The fourth-order valence-corrected chi connectivity index (χ4v) is 14.0. The standard InChI is InChI=1S/C54H59N/c1-33-28-44-34(2)51-50(33)53(5,38-14-8-7-9-15-38)26-27-54(51,6)55(39-24-22-36(23-25-39)45-30-35-20-21-37(45)29-35)40-31-46(42-17-11-10-16-41(42)44)49-43-18-12-13-19-47(43)52(3,4)48(49)32-40/h10-13,16-19,22-28,31-35,37-38,45H,7-9,14-15,20-21,29-30H2,1-6H3. The van der Waals surface area contributed by atoms with Crippen LogP contribution in [0.15, 0.2) is 114 Å². The largest absolute Gasteiger partial charge is 0.328 e. The van der Waals surface area contributed by atoms with Gasteiger partial charge in [0.15, 0.2) is 0 Å². The summed E-state index contributed by atoms with van der Waals surface area (Å²) in [5.74, 6) is 3.89. The van der Waals surface area contributed by atoms with E-state index in [0.717, 1.165) is 17.8 Å². The molecule has 1 heterocycles. The summed E-state index contributed by atoms with van der Waals surface area (Å²) in [5, 5.41) is 0. The van der Waals surface area contributed by atoms with Crippen molar-refractivity contribution in [2.24, 2.45) is 35.0 Å². The van der Waals surface area contributed by atoms with Crippen LogP contribution in [0.4, 0.5) is 11.4 Å². The van der Waals surface area contributed by atoms with Crippen molar-refractivity contribution in [3.8, 4) is 22.3 Å². The first-order valence-electron chi connectivity index (χ1n) is 22.0. The fraction of sp³-hybridized carbons (Fsp3) is 0.444. The maximum Gasteiger partial charge on any atom is 0.0827 e. The second-order valence-corrected chi connectivity index (χ2v) is 19.9. The normalized spacial score (nSPS) is 32.6. The predicted octanol–water partition coefficient (Wildman–Crippen LogP) is 14.6. The van der Waals surface area contributed by atoms with E-state index in [2.05, 4.69) is 150 Å². The number of benzene rings is 4. The number of rotatable bonds is 3. The lowest BCUT2D eigenvalue weighted by atomic mass is 9.54. The summed E-state index contributed by atoms with van der Waals surface area (Å²) in [4.78, 5) is 2.80. The molecule has 6 aliphatic carbocycles. The highest BCUT2D eigenvalue weighted by atomic mass is 15.2. The van der Waals surface area contributed by atoms with Gasteiger partial charge in [-0.2, -0.15) is 0 Å². The van der Waals surface area contributed by atoms with E-state index in [1.54, 1.807) is 16.7 Å². The van der Waals surface area contributed by atoms with E-state index < -0.39 is 0 Å². The van der Waals surface area contributed by atoms with Crippen LogP contribution >= 0.6 is 0 Å². The molecular weight excluding hydrogens is 663 g/mol. The maximum absolute atomic E-state index is 2.80. The molecular formula is C54H59N. The summed E-state index contributed by atoms with van der Waals surface area (Å²) >= 11 is 0. The average Bonchev–Trinajstić information content (AvgIpc) is 3.90. The lowest BCUT2D eigenvalue weighted by Gasteiger charge is -2.55. The van der Waals surface area contributed by atoms with E-state index >= 15 is 0 Å². The number of allylic oxidation sites excluding steroid dienone is 4. The molecule has 7 aliphatic rings. The van der Waals surface area contributed by atoms with Gasteiger partial charge in [-0.1, -0.05) is 145 Å². The number of fused-ring (bicyclic) bond motifs is 12. The molecule has 0 amide bonds. The number of hydrogen-bond acceptors (Lipinski definition) is 1. The zero-order valence-electron chi connectivity index (χ0n) is 34.1. The molecule has 7 atom stereocenters. The Morgan fingerprint density at radius 2 is 1.35 bits per heavy atom. The molecule has 11 rings (SSSR count). The summed E-state index contributed by atoms with van der Waals surface area (Å²) < 4.78 is 0. The minimum Gasteiger partial charge on any atom is -0.328 e. The van der Waals surface area contributed by atoms with Crippen molar-refractivity contribution >= 4 is 16.9 Å². The van der Waals surface area contributed by atoms with Crippen LogP contribution in [-0.2, 0) is 5.41 Å². The smallest absolute Gasteiger partial charge is 0.0827 e. The molecule has 0 N–H and O–H groups in total. The molecule has 0 saturated heterocycles. The first kappa shape index (κ1) is 34.2. The summed E-state index contributed by atoms with van der Waals surface area (Å²) in [7, 11) is 0. The van der Waals surface area contributed by atoms with Crippen molar-refractivity contribution in [2.45, 2.75) is 116 Å². The molecule has 3 fully saturated rings. The van der Waals surface area contributed by atoms with Crippen molar-refractivity contribution in [3.05, 3.63) is 137 Å². The van der Waals surface area contributed by atoms with E-state index in [4.69, 9.17) is 0 Å². The summed E-state index contributed by atoms with van der Waals surface area (Å²) in [6.45, 7) is 15.2. The van der Waals surface area contributed by atoms with E-state index in [0.29, 0.717) is 11.8 Å². The Kier molecular flexibility index (Phi) is 7.43. The summed E-state index contributed by atoms with van der Waals surface area (Å²) in [6.07, 6.45) is 20.6. The van der Waals surface area contributed by atoms with E-state index in [9.17, 15) is 0 Å². The predicted molar refractivity (Wildman–Crippen MR) is 232 cm³/mol. The second-order valence-electron chi connectivity index (χ2n) is 19.9. The van der Waals surface area contributed by atoms with Crippen LogP contribution in [0.3, 0.4) is 0 Å². The quantitative estimate of drug-likeness (QED) is 0.190. The molecule has 6 bridgehead atoms. The minimum absolute atomic E-state index is 0.0542. The Balaban J connectivity index is 1.20. The molecule has 7 unspecified atom stereocenters. The van der Waals surface area contributed by atoms with Gasteiger partial charge in [0, 0.05) is 28.1 Å². The molecule has 280 valence electrons. The average molecular weight is 722 g/mol. The molecule has 0 radical (unpaired) electrons. The number of hydrogen-bond donors (Lipinski definition) is 0. The first-order valence-corrected chi connectivity index (χ1v) is 22.0. The Morgan fingerprint density at radius 3 is 2.07 bits per heavy atom. The maximum atomic E-state index is 2.80. The molecule has 1 heteroatoms. The highest BCUT2D eigenvalue weighted by Gasteiger charge is 2.52. The molecule has 3 saturated carbocycles. The van der Waals surface area contributed by atoms with Crippen molar-refractivity contribution in [3.63, 3.8) is 0 Å². The zero-order chi connectivity index (χ0) is 37.4. The van der Waals surface area contributed by atoms with Crippen molar-refractivity contribution in [1.29, 1.82) is 0 Å². The van der Waals surface area contributed by atoms with E-state index in [1.165, 1.54) is 114 Å².